The topological polar surface area (TPSA) is 57.8 Å². The molecule has 0 saturated heterocycles. The molecular formula is C11H16ClN3O. The van der Waals surface area contributed by atoms with E-state index in [-0.39, 0.29) is 11.3 Å². The molecule has 1 saturated carbocycles. The van der Waals surface area contributed by atoms with Gasteiger partial charge in [-0.1, -0.05) is 12.8 Å². The fourth-order valence-corrected chi connectivity index (χ4v) is 2.46. The molecule has 2 rings (SSSR count). The van der Waals surface area contributed by atoms with Crippen molar-refractivity contribution in [3.05, 3.63) is 18.0 Å². The zero-order chi connectivity index (χ0) is 11.4. The van der Waals surface area contributed by atoms with E-state index in [0.29, 0.717) is 18.0 Å². The Bertz CT molecular complexity index is 339. The van der Waals surface area contributed by atoms with Gasteiger partial charge in [0.1, 0.15) is 0 Å². The number of nitrogens with one attached hydrogen (secondary N) is 2. The van der Waals surface area contributed by atoms with Crippen LogP contribution in [0.3, 0.4) is 0 Å². The van der Waals surface area contributed by atoms with Gasteiger partial charge in [-0.3, -0.25) is 9.89 Å². The third-order valence-electron chi connectivity index (χ3n) is 3.10. The van der Waals surface area contributed by atoms with Crippen molar-refractivity contribution >= 4 is 17.5 Å². The molecule has 4 nitrogen and oxygen atoms in total. The van der Waals surface area contributed by atoms with Crippen LogP contribution < -0.4 is 5.32 Å². The molecule has 1 aliphatic rings. The summed E-state index contributed by atoms with van der Waals surface area (Å²) in [4.78, 5) is 11.6. The van der Waals surface area contributed by atoms with Crippen molar-refractivity contribution in [1.82, 2.24) is 15.5 Å². The lowest BCUT2D eigenvalue weighted by molar-refractivity contribution is 0.0944. The molecule has 16 heavy (non-hydrogen) atoms. The number of amides is 1. The monoisotopic (exact) mass is 241 g/mol. The second kappa shape index (κ2) is 5.34. The van der Waals surface area contributed by atoms with E-state index in [1.165, 1.54) is 19.0 Å². The summed E-state index contributed by atoms with van der Waals surface area (Å²) in [6, 6.07) is 0. The van der Waals surface area contributed by atoms with Gasteiger partial charge in [-0.05, 0) is 18.8 Å². The highest BCUT2D eigenvalue weighted by Gasteiger charge is 2.23. The zero-order valence-electron chi connectivity index (χ0n) is 9.08. The minimum Gasteiger partial charge on any atom is -0.352 e. The van der Waals surface area contributed by atoms with Gasteiger partial charge >= 0.3 is 0 Å². The number of carbonyl (C=O) groups is 1. The normalized spacial score (nSPS) is 25.3. The van der Waals surface area contributed by atoms with E-state index in [1.807, 2.05) is 0 Å². The van der Waals surface area contributed by atoms with E-state index in [0.717, 1.165) is 12.8 Å². The Balaban J connectivity index is 1.80. The van der Waals surface area contributed by atoms with Crippen LogP contribution in [0.25, 0.3) is 0 Å². The van der Waals surface area contributed by atoms with Crippen LogP contribution >= 0.6 is 11.6 Å². The van der Waals surface area contributed by atoms with Crippen LogP contribution in [0.1, 0.15) is 36.0 Å². The molecule has 0 aliphatic heterocycles. The Kier molecular flexibility index (Phi) is 3.83. The number of aromatic amines is 1. The third-order valence-corrected chi connectivity index (χ3v) is 3.68. The third kappa shape index (κ3) is 2.76. The molecule has 1 amide bonds. The fraction of sp³-hybridized carbons (Fsp3) is 0.636. The molecule has 1 aliphatic carbocycles. The molecule has 0 aromatic carbocycles. The van der Waals surface area contributed by atoms with Crippen molar-refractivity contribution in [2.24, 2.45) is 5.92 Å². The predicted molar refractivity (Wildman–Crippen MR) is 62.5 cm³/mol. The first-order chi connectivity index (χ1) is 7.77. The summed E-state index contributed by atoms with van der Waals surface area (Å²) in [6.45, 7) is 0.665. The van der Waals surface area contributed by atoms with Crippen LogP contribution in [0.4, 0.5) is 0 Å². The highest BCUT2D eigenvalue weighted by Crippen LogP contribution is 2.27. The predicted octanol–water partition coefficient (Wildman–Crippen LogP) is 1.94. The molecule has 2 unspecified atom stereocenters. The van der Waals surface area contributed by atoms with Crippen LogP contribution in [-0.4, -0.2) is 28.0 Å². The number of aromatic nitrogens is 2. The Hall–Kier alpha value is -1.03. The Labute approximate surface area is 99.8 Å². The van der Waals surface area contributed by atoms with Gasteiger partial charge in [0, 0.05) is 18.1 Å². The standard InChI is InChI=1S/C11H16ClN3O/c12-10-4-2-1-3-8(10)5-13-11(16)9-6-14-15-7-9/h6-8,10H,1-5H2,(H,13,16)(H,14,15). The Morgan fingerprint density at radius 3 is 3.06 bits per heavy atom. The van der Waals surface area contributed by atoms with Gasteiger partial charge in [-0.2, -0.15) is 5.10 Å². The number of alkyl halides is 1. The van der Waals surface area contributed by atoms with Gasteiger partial charge in [0.15, 0.2) is 0 Å². The first-order valence-corrected chi connectivity index (χ1v) is 6.12. The van der Waals surface area contributed by atoms with Crippen LogP contribution in [-0.2, 0) is 0 Å². The van der Waals surface area contributed by atoms with Crippen LogP contribution in [0.15, 0.2) is 12.4 Å². The Morgan fingerprint density at radius 2 is 2.38 bits per heavy atom. The van der Waals surface area contributed by atoms with Crippen LogP contribution in [0, 0.1) is 5.92 Å². The largest absolute Gasteiger partial charge is 0.352 e. The van der Waals surface area contributed by atoms with Crippen LogP contribution in [0.2, 0.25) is 0 Å². The SMILES string of the molecule is O=C(NCC1CCCCC1Cl)c1cn[nH]c1. The number of halogens is 1. The fourth-order valence-electron chi connectivity index (χ4n) is 2.09. The molecule has 1 aromatic heterocycles. The summed E-state index contributed by atoms with van der Waals surface area (Å²) in [5.74, 6) is 0.328. The molecule has 88 valence electrons. The lowest BCUT2D eigenvalue weighted by Crippen LogP contribution is -2.34. The summed E-state index contributed by atoms with van der Waals surface area (Å²) in [7, 11) is 0. The van der Waals surface area contributed by atoms with E-state index in [1.54, 1.807) is 6.20 Å². The summed E-state index contributed by atoms with van der Waals surface area (Å²) in [5.41, 5.74) is 0.571. The number of carbonyl (C=O) groups excluding carboxylic acids is 1. The number of hydrogen-bond acceptors (Lipinski definition) is 2. The summed E-state index contributed by atoms with van der Waals surface area (Å²) in [6.07, 6.45) is 7.71. The van der Waals surface area contributed by atoms with Gasteiger partial charge in [-0.25, -0.2) is 0 Å². The molecule has 5 heteroatoms. The first-order valence-electron chi connectivity index (χ1n) is 5.68. The number of H-pyrrole nitrogens is 1. The summed E-state index contributed by atoms with van der Waals surface area (Å²) >= 11 is 6.22. The highest BCUT2D eigenvalue weighted by atomic mass is 35.5. The number of nitrogens with zero attached hydrogens (tertiary/aromatic N) is 1. The molecule has 1 heterocycles. The van der Waals surface area contributed by atoms with Gasteiger partial charge in [0.25, 0.3) is 5.91 Å². The van der Waals surface area contributed by atoms with Crippen molar-refractivity contribution in [3.8, 4) is 0 Å². The van der Waals surface area contributed by atoms with Crippen molar-refractivity contribution < 1.29 is 4.79 Å². The maximum atomic E-state index is 11.6. The second-order valence-corrected chi connectivity index (χ2v) is 4.82. The van der Waals surface area contributed by atoms with Crippen molar-refractivity contribution in [3.63, 3.8) is 0 Å². The average Bonchev–Trinajstić information content (AvgIpc) is 2.81. The smallest absolute Gasteiger partial charge is 0.254 e. The van der Waals surface area contributed by atoms with E-state index in [2.05, 4.69) is 15.5 Å². The quantitative estimate of drug-likeness (QED) is 0.795. The van der Waals surface area contributed by atoms with Gasteiger partial charge in [0.05, 0.1) is 11.8 Å². The molecule has 0 bridgehead atoms. The van der Waals surface area contributed by atoms with Crippen LogP contribution in [0.5, 0.6) is 0 Å². The van der Waals surface area contributed by atoms with Crippen molar-refractivity contribution in [2.45, 2.75) is 31.1 Å². The Morgan fingerprint density at radius 1 is 1.56 bits per heavy atom. The van der Waals surface area contributed by atoms with E-state index < -0.39 is 0 Å². The number of rotatable bonds is 3. The average molecular weight is 242 g/mol. The lowest BCUT2D eigenvalue weighted by Gasteiger charge is -2.26. The maximum absolute atomic E-state index is 11.6. The van der Waals surface area contributed by atoms with Gasteiger partial charge < -0.3 is 5.32 Å². The molecule has 1 fully saturated rings. The summed E-state index contributed by atoms with van der Waals surface area (Å²) in [5, 5.41) is 9.47. The number of hydrogen-bond donors (Lipinski definition) is 2. The van der Waals surface area contributed by atoms with Gasteiger partial charge in [-0.15, -0.1) is 11.6 Å². The second-order valence-electron chi connectivity index (χ2n) is 4.26. The van der Waals surface area contributed by atoms with Crippen molar-refractivity contribution in [2.75, 3.05) is 6.54 Å². The molecule has 1 aromatic rings. The first kappa shape index (κ1) is 11.5. The molecular weight excluding hydrogens is 226 g/mol. The maximum Gasteiger partial charge on any atom is 0.254 e. The van der Waals surface area contributed by atoms with Crippen molar-refractivity contribution in [1.29, 1.82) is 0 Å². The summed E-state index contributed by atoms with van der Waals surface area (Å²) < 4.78 is 0. The van der Waals surface area contributed by atoms with E-state index >= 15 is 0 Å². The highest BCUT2D eigenvalue weighted by molar-refractivity contribution is 6.20. The molecule has 2 N–H and O–H groups in total. The minimum atomic E-state index is -0.0804. The minimum absolute atomic E-state index is 0.0804. The van der Waals surface area contributed by atoms with E-state index in [4.69, 9.17) is 11.6 Å². The van der Waals surface area contributed by atoms with Gasteiger partial charge in [0.2, 0.25) is 0 Å². The molecule has 2 atom stereocenters. The zero-order valence-corrected chi connectivity index (χ0v) is 9.83. The molecule has 0 spiro atoms. The van der Waals surface area contributed by atoms with E-state index in [9.17, 15) is 4.79 Å². The lowest BCUT2D eigenvalue weighted by atomic mass is 9.89. The molecule has 0 radical (unpaired) electrons.